The Kier molecular flexibility index (Phi) is 5.67. The maximum absolute atomic E-state index is 5.97. The zero-order chi connectivity index (χ0) is 13.7. The van der Waals surface area contributed by atoms with Crippen LogP contribution >= 0.6 is 15.9 Å². The third-order valence-electron chi connectivity index (χ3n) is 3.31. The van der Waals surface area contributed by atoms with E-state index in [0.29, 0.717) is 0 Å². The lowest BCUT2D eigenvalue weighted by atomic mass is 10.1. The summed E-state index contributed by atoms with van der Waals surface area (Å²) in [5.74, 6) is 1.06. The first-order valence-electron chi connectivity index (χ1n) is 6.77. The lowest BCUT2D eigenvalue weighted by Gasteiger charge is -2.20. The fourth-order valence-electron chi connectivity index (χ4n) is 2.37. The van der Waals surface area contributed by atoms with Crippen molar-refractivity contribution in [1.82, 2.24) is 4.90 Å². The van der Waals surface area contributed by atoms with Crippen LogP contribution in [0.1, 0.15) is 11.1 Å². The third kappa shape index (κ3) is 4.48. The summed E-state index contributed by atoms with van der Waals surface area (Å²) in [5, 5.41) is 0.900. The number of likely N-dealkylation sites (N-methyl/N-ethyl adjacent to an activating group) is 1. The lowest BCUT2D eigenvalue weighted by molar-refractivity contribution is 0.105. The molecule has 0 fully saturated rings. The van der Waals surface area contributed by atoms with Gasteiger partial charge in [-0.05, 0) is 25.6 Å². The molecule has 1 atom stereocenters. The highest BCUT2D eigenvalue weighted by Crippen LogP contribution is 2.29. The summed E-state index contributed by atoms with van der Waals surface area (Å²) in [4.78, 5) is 2.28. The second-order valence-electron chi connectivity index (χ2n) is 5.12. The SMILES string of the molecule is Cc1ccc2c(c1)CC(CN(C)CCOCCBr)O2. The molecule has 0 aromatic heterocycles. The van der Waals surface area contributed by atoms with Crippen molar-refractivity contribution >= 4 is 15.9 Å². The van der Waals surface area contributed by atoms with Gasteiger partial charge < -0.3 is 14.4 Å². The van der Waals surface area contributed by atoms with Gasteiger partial charge in [-0.25, -0.2) is 0 Å². The van der Waals surface area contributed by atoms with Crippen LogP contribution in [0.2, 0.25) is 0 Å². The van der Waals surface area contributed by atoms with Gasteiger partial charge in [0.25, 0.3) is 0 Å². The number of hydrogen-bond acceptors (Lipinski definition) is 3. The topological polar surface area (TPSA) is 21.7 Å². The molecule has 19 heavy (non-hydrogen) atoms. The van der Waals surface area contributed by atoms with E-state index in [1.165, 1.54) is 11.1 Å². The summed E-state index contributed by atoms with van der Waals surface area (Å²) in [6.45, 7) is 5.58. The van der Waals surface area contributed by atoms with Crippen LogP contribution in [-0.4, -0.2) is 49.7 Å². The molecule has 1 aliphatic heterocycles. The van der Waals surface area contributed by atoms with Gasteiger partial charge in [0.1, 0.15) is 11.9 Å². The van der Waals surface area contributed by atoms with E-state index in [4.69, 9.17) is 9.47 Å². The predicted octanol–water partition coefficient (Wildman–Crippen LogP) is 2.64. The summed E-state index contributed by atoms with van der Waals surface area (Å²) in [5.41, 5.74) is 2.65. The Morgan fingerprint density at radius 1 is 1.42 bits per heavy atom. The molecule has 0 radical (unpaired) electrons. The van der Waals surface area contributed by atoms with E-state index in [-0.39, 0.29) is 6.10 Å². The van der Waals surface area contributed by atoms with Gasteiger partial charge in [-0.3, -0.25) is 0 Å². The molecule has 0 bridgehead atoms. The van der Waals surface area contributed by atoms with E-state index in [1.54, 1.807) is 0 Å². The number of halogens is 1. The molecule has 4 heteroatoms. The molecule has 1 heterocycles. The second kappa shape index (κ2) is 7.27. The lowest BCUT2D eigenvalue weighted by Crippen LogP contribution is -2.34. The average molecular weight is 328 g/mol. The first kappa shape index (κ1) is 14.8. The Balaban J connectivity index is 1.74. The van der Waals surface area contributed by atoms with Gasteiger partial charge in [0.05, 0.1) is 13.2 Å². The minimum absolute atomic E-state index is 0.276. The van der Waals surface area contributed by atoms with Gasteiger partial charge in [0.2, 0.25) is 0 Å². The minimum Gasteiger partial charge on any atom is -0.488 e. The average Bonchev–Trinajstić information content (AvgIpc) is 2.76. The molecule has 0 aliphatic carbocycles. The molecule has 1 unspecified atom stereocenters. The van der Waals surface area contributed by atoms with Crippen molar-refractivity contribution in [3.05, 3.63) is 29.3 Å². The van der Waals surface area contributed by atoms with Gasteiger partial charge in [-0.1, -0.05) is 33.6 Å². The van der Waals surface area contributed by atoms with Crippen LogP contribution in [-0.2, 0) is 11.2 Å². The van der Waals surface area contributed by atoms with E-state index in [0.717, 1.165) is 43.8 Å². The van der Waals surface area contributed by atoms with Gasteiger partial charge >= 0.3 is 0 Å². The number of hydrogen-bond donors (Lipinski definition) is 0. The molecular formula is C15H22BrNO2. The Hall–Kier alpha value is -0.580. The number of rotatable bonds is 7. The Labute approximate surface area is 124 Å². The zero-order valence-electron chi connectivity index (χ0n) is 11.7. The number of ether oxygens (including phenoxy) is 2. The zero-order valence-corrected chi connectivity index (χ0v) is 13.3. The summed E-state index contributed by atoms with van der Waals surface area (Å²) in [6.07, 6.45) is 1.29. The molecule has 3 nitrogen and oxygen atoms in total. The van der Waals surface area contributed by atoms with E-state index in [9.17, 15) is 0 Å². The van der Waals surface area contributed by atoms with Gasteiger partial charge in [0.15, 0.2) is 0 Å². The molecule has 0 spiro atoms. The molecule has 1 aromatic rings. The van der Waals surface area contributed by atoms with E-state index in [2.05, 4.69) is 53.0 Å². The minimum atomic E-state index is 0.276. The third-order valence-corrected chi connectivity index (χ3v) is 3.64. The number of fused-ring (bicyclic) bond motifs is 1. The van der Waals surface area contributed by atoms with Crippen molar-refractivity contribution in [2.45, 2.75) is 19.4 Å². The van der Waals surface area contributed by atoms with Crippen molar-refractivity contribution in [3.8, 4) is 5.75 Å². The van der Waals surface area contributed by atoms with Crippen LogP contribution in [0.25, 0.3) is 0 Å². The van der Waals surface area contributed by atoms with Crippen molar-refractivity contribution in [1.29, 1.82) is 0 Å². The normalized spacial score (nSPS) is 17.6. The fourth-order valence-corrected chi connectivity index (χ4v) is 2.60. The van der Waals surface area contributed by atoms with Crippen LogP contribution in [0.15, 0.2) is 18.2 Å². The molecule has 2 rings (SSSR count). The van der Waals surface area contributed by atoms with Crippen LogP contribution < -0.4 is 4.74 Å². The van der Waals surface area contributed by atoms with E-state index < -0.39 is 0 Å². The van der Waals surface area contributed by atoms with Crippen LogP contribution in [0.5, 0.6) is 5.75 Å². The summed E-state index contributed by atoms with van der Waals surface area (Å²) >= 11 is 3.35. The number of nitrogens with zero attached hydrogens (tertiary/aromatic N) is 1. The standard InChI is InChI=1S/C15H22BrNO2/c1-12-3-4-15-13(9-12)10-14(19-15)11-17(2)6-8-18-7-5-16/h3-4,9,14H,5-8,10-11H2,1-2H3. The largest absolute Gasteiger partial charge is 0.488 e. The van der Waals surface area contributed by atoms with E-state index >= 15 is 0 Å². The Bertz CT molecular complexity index is 411. The molecular weight excluding hydrogens is 306 g/mol. The Morgan fingerprint density at radius 3 is 3.05 bits per heavy atom. The highest BCUT2D eigenvalue weighted by molar-refractivity contribution is 9.09. The molecule has 0 N–H and O–H groups in total. The molecule has 1 aliphatic rings. The van der Waals surface area contributed by atoms with Crippen molar-refractivity contribution in [2.24, 2.45) is 0 Å². The first-order valence-corrected chi connectivity index (χ1v) is 7.89. The molecule has 0 saturated heterocycles. The van der Waals surface area contributed by atoms with Crippen LogP contribution in [0.4, 0.5) is 0 Å². The summed E-state index contributed by atoms with van der Waals surface area (Å²) in [6, 6.07) is 6.43. The maximum Gasteiger partial charge on any atom is 0.123 e. The van der Waals surface area contributed by atoms with Crippen LogP contribution in [0, 0.1) is 6.92 Å². The smallest absolute Gasteiger partial charge is 0.123 e. The van der Waals surface area contributed by atoms with Gasteiger partial charge in [-0.15, -0.1) is 0 Å². The van der Waals surface area contributed by atoms with Crippen molar-refractivity contribution in [2.75, 3.05) is 38.7 Å². The quantitative estimate of drug-likeness (QED) is 0.567. The molecule has 0 amide bonds. The monoisotopic (exact) mass is 327 g/mol. The number of alkyl halides is 1. The predicted molar refractivity (Wildman–Crippen MR) is 81.4 cm³/mol. The second-order valence-corrected chi connectivity index (χ2v) is 5.91. The number of benzene rings is 1. The fraction of sp³-hybridized carbons (Fsp3) is 0.600. The van der Waals surface area contributed by atoms with Gasteiger partial charge in [0, 0.05) is 24.8 Å². The van der Waals surface area contributed by atoms with Crippen molar-refractivity contribution in [3.63, 3.8) is 0 Å². The first-order chi connectivity index (χ1) is 9.19. The highest BCUT2D eigenvalue weighted by Gasteiger charge is 2.23. The van der Waals surface area contributed by atoms with Gasteiger partial charge in [-0.2, -0.15) is 0 Å². The van der Waals surface area contributed by atoms with Crippen LogP contribution in [0.3, 0.4) is 0 Å². The van der Waals surface area contributed by atoms with E-state index in [1.807, 2.05) is 0 Å². The Morgan fingerprint density at radius 2 is 2.26 bits per heavy atom. The maximum atomic E-state index is 5.97. The summed E-state index contributed by atoms with van der Waals surface area (Å²) < 4.78 is 11.4. The highest BCUT2D eigenvalue weighted by atomic mass is 79.9. The van der Waals surface area contributed by atoms with Crippen molar-refractivity contribution < 1.29 is 9.47 Å². The molecule has 1 aromatic carbocycles. The molecule has 106 valence electrons. The summed E-state index contributed by atoms with van der Waals surface area (Å²) in [7, 11) is 2.12. The molecule has 0 saturated carbocycles. The number of aryl methyl sites for hydroxylation is 1.